The van der Waals surface area contributed by atoms with Crippen molar-refractivity contribution in [3.63, 3.8) is 0 Å². The van der Waals surface area contributed by atoms with Gasteiger partial charge >= 0.3 is 12.1 Å². The number of ether oxygens (including phenoxy) is 1. The number of nitrogens with one attached hydrogen (secondary N) is 1. The molecule has 8 nitrogen and oxygen atoms in total. The van der Waals surface area contributed by atoms with Gasteiger partial charge in [-0.2, -0.15) is 5.26 Å². The molecule has 1 heterocycles. The molecule has 3 rings (SSSR count). The molecule has 0 aliphatic carbocycles. The second-order valence-corrected chi connectivity index (χ2v) is 7.26. The number of nitriles is 1. The van der Waals surface area contributed by atoms with E-state index in [1.54, 1.807) is 24.3 Å². The Morgan fingerprint density at radius 2 is 1.87 bits per heavy atom. The van der Waals surface area contributed by atoms with Gasteiger partial charge in [-0.25, -0.2) is 9.59 Å². The number of hydrogen-bond donors (Lipinski definition) is 2. The Morgan fingerprint density at radius 3 is 2.58 bits per heavy atom. The zero-order valence-electron chi connectivity index (χ0n) is 16.9. The minimum absolute atomic E-state index is 0.0318. The number of carbonyl (C=O) groups excluding carboxylic acids is 2. The van der Waals surface area contributed by atoms with Crippen LogP contribution in [0.5, 0.6) is 0 Å². The summed E-state index contributed by atoms with van der Waals surface area (Å²) < 4.78 is 5.33. The summed E-state index contributed by atoms with van der Waals surface area (Å²) in [6, 6.07) is 15.9. The van der Waals surface area contributed by atoms with Crippen molar-refractivity contribution in [2.75, 3.05) is 6.54 Å². The molecule has 0 radical (unpaired) electrons. The number of carbonyl (C=O) groups is 3. The lowest BCUT2D eigenvalue weighted by Crippen LogP contribution is -2.51. The monoisotopic (exact) mass is 421 g/mol. The Morgan fingerprint density at radius 1 is 1.16 bits per heavy atom. The predicted molar refractivity (Wildman–Crippen MR) is 111 cm³/mol. The molecular weight excluding hydrogens is 398 g/mol. The van der Waals surface area contributed by atoms with Crippen LogP contribution in [0.4, 0.5) is 4.79 Å². The summed E-state index contributed by atoms with van der Waals surface area (Å²) in [4.78, 5) is 38.4. The van der Waals surface area contributed by atoms with E-state index in [4.69, 9.17) is 4.74 Å². The average molecular weight is 421 g/mol. The number of nitrogens with zero attached hydrogens (tertiary/aromatic N) is 2. The van der Waals surface area contributed by atoms with Gasteiger partial charge in [-0.15, -0.1) is 0 Å². The summed E-state index contributed by atoms with van der Waals surface area (Å²) >= 11 is 0. The van der Waals surface area contributed by atoms with Gasteiger partial charge < -0.3 is 15.2 Å². The van der Waals surface area contributed by atoms with Gasteiger partial charge in [0.15, 0.2) is 0 Å². The largest absolute Gasteiger partial charge is 0.480 e. The average Bonchev–Trinajstić information content (AvgIpc) is 3.28. The van der Waals surface area contributed by atoms with Crippen LogP contribution < -0.4 is 5.32 Å². The Balaban J connectivity index is 1.63. The lowest BCUT2D eigenvalue weighted by Gasteiger charge is -2.25. The van der Waals surface area contributed by atoms with Gasteiger partial charge in [0, 0.05) is 13.0 Å². The van der Waals surface area contributed by atoms with Gasteiger partial charge in [0.25, 0.3) is 0 Å². The maximum Gasteiger partial charge on any atom is 0.410 e. The molecule has 160 valence electrons. The third-order valence-electron chi connectivity index (χ3n) is 5.17. The second kappa shape index (κ2) is 10.3. The smallest absolute Gasteiger partial charge is 0.410 e. The number of aliphatic carboxylic acids is 1. The molecule has 2 N–H and O–H groups in total. The SMILES string of the molecule is N#Cc1ccccc1C[C@@H](NC(=O)[C@H]1CCCN1C(=O)OCc1ccccc1)C(=O)O. The number of amides is 2. The molecule has 1 aliphatic heterocycles. The molecule has 2 atom stereocenters. The van der Waals surface area contributed by atoms with E-state index in [1.165, 1.54) is 4.90 Å². The molecule has 0 spiro atoms. The number of carboxylic acids is 1. The third kappa shape index (κ3) is 5.60. The fourth-order valence-electron chi connectivity index (χ4n) is 3.56. The third-order valence-corrected chi connectivity index (χ3v) is 5.17. The Labute approximate surface area is 180 Å². The summed E-state index contributed by atoms with van der Waals surface area (Å²) in [5.41, 5.74) is 1.72. The summed E-state index contributed by atoms with van der Waals surface area (Å²) in [7, 11) is 0. The summed E-state index contributed by atoms with van der Waals surface area (Å²) in [6.45, 7) is 0.452. The van der Waals surface area contributed by atoms with Crippen LogP contribution in [0.1, 0.15) is 29.5 Å². The van der Waals surface area contributed by atoms with Gasteiger partial charge in [-0.1, -0.05) is 48.5 Å². The topological polar surface area (TPSA) is 120 Å². The molecule has 1 aliphatic rings. The van der Waals surface area contributed by atoms with Crippen LogP contribution in [-0.4, -0.2) is 46.6 Å². The van der Waals surface area contributed by atoms with Crippen LogP contribution >= 0.6 is 0 Å². The van der Waals surface area contributed by atoms with Crippen LogP contribution in [0, 0.1) is 11.3 Å². The number of rotatable bonds is 7. The zero-order chi connectivity index (χ0) is 22.2. The highest BCUT2D eigenvalue weighted by molar-refractivity contribution is 5.89. The van der Waals surface area contributed by atoms with Gasteiger partial charge in [0.05, 0.1) is 11.6 Å². The quantitative estimate of drug-likeness (QED) is 0.709. The van der Waals surface area contributed by atoms with Crippen LogP contribution in [0.2, 0.25) is 0 Å². The summed E-state index contributed by atoms with van der Waals surface area (Å²) in [5, 5.41) is 21.3. The maximum absolute atomic E-state index is 12.8. The fraction of sp³-hybridized carbons (Fsp3) is 0.304. The van der Waals surface area contributed by atoms with E-state index in [1.807, 2.05) is 36.4 Å². The summed E-state index contributed by atoms with van der Waals surface area (Å²) in [6.07, 6.45) is 0.403. The van der Waals surface area contributed by atoms with Crippen molar-refractivity contribution in [1.82, 2.24) is 10.2 Å². The number of benzene rings is 2. The van der Waals surface area contributed by atoms with E-state index in [9.17, 15) is 24.8 Å². The first-order valence-electron chi connectivity index (χ1n) is 9.98. The highest BCUT2D eigenvalue weighted by atomic mass is 16.6. The van der Waals surface area contributed by atoms with Crippen molar-refractivity contribution in [2.45, 2.75) is 38.0 Å². The van der Waals surface area contributed by atoms with E-state index >= 15 is 0 Å². The van der Waals surface area contributed by atoms with Crippen LogP contribution in [0.3, 0.4) is 0 Å². The van der Waals surface area contributed by atoms with Crippen LogP contribution in [-0.2, 0) is 27.4 Å². The molecular formula is C23H23N3O5. The van der Waals surface area contributed by atoms with E-state index in [0.29, 0.717) is 30.5 Å². The van der Waals surface area contributed by atoms with Crippen LogP contribution in [0.25, 0.3) is 0 Å². The van der Waals surface area contributed by atoms with Crippen molar-refractivity contribution in [3.05, 3.63) is 71.3 Å². The van der Waals surface area contributed by atoms with Gasteiger partial charge in [-0.3, -0.25) is 9.69 Å². The zero-order valence-corrected chi connectivity index (χ0v) is 16.9. The standard InChI is InChI=1S/C23H23N3O5/c24-14-18-10-5-4-9-17(18)13-19(22(28)29)25-21(27)20-11-6-12-26(20)23(30)31-15-16-7-2-1-3-8-16/h1-5,7-10,19-20H,6,11-13,15H2,(H,25,27)(H,28,29)/t19-,20-/m1/s1. The van der Waals surface area contributed by atoms with Crippen molar-refractivity contribution >= 4 is 18.0 Å². The number of carboxylic acid groups (broad SMARTS) is 1. The van der Waals surface area contributed by atoms with E-state index in [-0.39, 0.29) is 13.0 Å². The van der Waals surface area contributed by atoms with Crippen LogP contribution in [0.15, 0.2) is 54.6 Å². The number of hydrogen-bond acceptors (Lipinski definition) is 5. The molecule has 2 aromatic rings. The first-order chi connectivity index (χ1) is 15.0. The molecule has 0 saturated carbocycles. The van der Waals surface area contributed by atoms with Gasteiger partial charge in [0.2, 0.25) is 5.91 Å². The van der Waals surface area contributed by atoms with Crippen molar-refractivity contribution in [2.24, 2.45) is 0 Å². The first-order valence-corrected chi connectivity index (χ1v) is 9.98. The molecule has 31 heavy (non-hydrogen) atoms. The van der Waals surface area contributed by atoms with Gasteiger partial charge in [0.1, 0.15) is 18.7 Å². The highest BCUT2D eigenvalue weighted by Crippen LogP contribution is 2.20. The molecule has 1 saturated heterocycles. The normalized spacial score (nSPS) is 16.2. The van der Waals surface area contributed by atoms with E-state index in [2.05, 4.69) is 5.32 Å². The lowest BCUT2D eigenvalue weighted by atomic mass is 10.0. The minimum atomic E-state index is -1.22. The maximum atomic E-state index is 12.8. The molecule has 2 aromatic carbocycles. The van der Waals surface area contributed by atoms with Gasteiger partial charge in [-0.05, 0) is 30.0 Å². The highest BCUT2D eigenvalue weighted by Gasteiger charge is 2.36. The molecule has 8 heteroatoms. The van der Waals surface area contributed by atoms with Crippen molar-refractivity contribution < 1.29 is 24.2 Å². The fourth-order valence-corrected chi connectivity index (χ4v) is 3.56. The van der Waals surface area contributed by atoms with Crippen molar-refractivity contribution in [1.29, 1.82) is 5.26 Å². The summed E-state index contributed by atoms with van der Waals surface area (Å²) in [5.74, 6) is -1.76. The molecule has 1 fully saturated rings. The lowest BCUT2D eigenvalue weighted by molar-refractivity contribution is -0.142. The van der Waals surface area contributed by atoms with Crippen molar-refractivity contribution in [3.8, 4) is 6.07 Å². The molecule has 0 bridgehead atoms. The first kappa shape index (κ1) is 21.8. The van der Waals surface area contributed by atoms with E-state index < -0.39 is 30.1 Å². The Hall–Kier alpha value is -3.86. The Bertz CT molecular complexity index is 986. The van der Waals surface area contributed by atoms with E-state index in [0.717, 1.165) is 5.56 Å². The molecule has 2 amide bonds. The Kier molecular flexibility index (Phi) is 7.22. The molecule has 0 aromatic heterocycles. The second-order valence-electron chi connectivity index (χ2n) is 7.26. The molecule has 0 unspecified atom stereocenters. The minimum Gasteiger partial charge on any atom is -0.480 e. The predicted octanol–water partition coefficient (Wildman–Crippen LogP) is 2.47. The number of likely N-dealkylation sites (tertiary alicyclic amines) is 1.